The second-order valence-corrected chi connectivity index (χ2v) is 6.92. The zero-order valence-corrected chi connectivity index (χ0v) is 15.8. The largest absolute Gasteiger partial charge is 0.490 e. The minimum Gasteiger partial charge on any atom is -0.490 e. The van der Waals surface area contributed by atoms with Crippen LogP contribution in [-0.2, 0) is 14.3 Å². The molecule has 0 spiro atoms. The van der Waals surface area contributed by atoms with Crippen molar-refractivity contribution < 1.29 is 23.9 Å². The minimum atomic E-state index is -0.684. The van der Waals surface area contributed by atoms with Gasteiger partial charge in [-0.1, -0.05) is 0 Å². The third-order valence-electron chi connectivity index (χ3n) is 2.72. The van der Waals surface area contributed by atoms with E-state index in [2.05, 4.69) is 10.6 Å². The molecule has 2 amide bonds. The molecule has 7 nitrogen and oxygen atoms in total. The minimum absolute atomic E-state index is 0.168. The molecule has 0 bridgehead atoms. The van der Waals surface area contributed by atoms with E-state index in [0.717, 1.165) is 0 Å². The second kappa shape index (κ2) is 8.00. The van der Waals surface area contributed by atoms with Crippen molar-refractivity contribution in [2.24, 2.45) is 0 Å². The highest BCUT2D eigenvalue weighted by atomic mass is 16.6. The van der Waals surface area contributed by atoms with E-state index in [1.165, 1.54) is 26.0 Å². The first kappa shape index (κ1) is 20.5. The van der Waals surface area contributed by atoms with Crippen LogP contribution in [0.3, 0.4) is 0 Å². The summed E-state index contributed by atoms with van der Waals surface area (Å²) in [6, 6.07) is 2.95. The van der Waals surface area contributed by atoms with E-state index in [1.54, 1.807) is 20.8 Å². The van der Waals surface area contributed by atoms with Crippen molar-refractivity contribution in [3.05, 3.63) is 17.7 Å². The standard InChI is InChI=1S/C18H26N2O5/c1-10(2)24-16-9-15(20-12(4)22)14(19-11(3)21)8-13(16)17(23)25-18(5,6)7/h8-10H,1-7H3,(H,19,21)(H,20,22). The van der Waals surface area contributed by atoms with Crippen molar-refractivity contribution in [2.45, 2.75) is 60.2 Å². The van der Waals surface area contributed by atoms with Gasteiger partial charge < -0.3 is 20.1 Å². The van der Waals surface area contributed by atoms with Crippen molar-refractivity contribution in [2.75, 3.05) is 10.6 Å². The molecule has 0 saturated carbocycles. The second-order valence-electron chi connectivity index (χ2n) is 6.92. The van der Waals surface area contributed by atoms with Gasteiger partial charge in [-0.25, -0.2) is 4.79 Å². The zero-order valence-electron chi connectivity index (χ0n) is 15.8. The van der Waals surface area contributed by atoms with Gasteiger partial charge >= 0.3 is 5.97 Å². The van der Waals surface area contributed by atoms with Crippen LogP contribution in [0, 0.1) is 0 Å². The van der Waals surface area contributed by atoms with Gasteiger partial charge in [-0.05, 0) is 40.7 Å². The lowest BCUT2D eigenvalue weighted by molar-refractivity contribution is -0.115. The molecule has 0 unspecified atom stereocenters. The number of ether oxygens (including phenoxy) is 2. The summed E-state index contributed by atoms with van der Waals surface area (Å²) in [5.41, 5.74) is 0.114. The Hall–Kier alpha value is -2.57. The maximum Gasteiger partial charge on any atom is 0.342 e. The highest BCUT2D eigenvalue weighted by Gasteiger charge is 2.24. The van der Waals surface area contributed by atoms with Gasteiger partial charge in [-0.15, -0.1) is 0 Å². The van der Waals surface area contributed by atoms with Crippen LogP contribution >= 0.6 is 0 Å². The molecular weight excluding hydrogens is 324 g/mol. The van der Waals surface area contributed by atoms with Gasteiger partial charge in [0.2, 0.25) is 11.8 Å². The Morgan fingerprint density at radius 3 is 1.84 bits per heavy atom. The Morgan fingerprint density at radius 2 is 1.44 bits per heavy atom. The number of nitrogens with one attached hydrogen (secondary N) is 2. The molecule has 0 aliphatic carbocycles. The molecule has 1 aromatic carbocycles. The summed E-state index contributed by atoms with van der Waals surface area (Å²) in [7, 11) is 0. The van der Waals surface area contributed by atoms with Crippen LogP contribution in [0.25, 0.3) is 0 Å². The van der Waals surface area contributed by atoms with Gasteiger partial charge in [0.15, 0.2) is 0 Å². The molecule has 1 aromatic rings. The maximum atomic E-state index is 12.5. The zero-order chi connectivity index (χ0) is 19.4. The third kappa shape index (κ3) is 6.82. The van der Waals surface area contributed by atoms with Gasteiger partial charge in [-0.3, -0.25) is 9.59 Å². The molecule has 2 N–H and O–H groups in total. The van der Waals surface area contributed by atoms with E-state index in [9.17, 15) is 14.4 Å². The van der Waals surface area contributed by atoms with Crippen molar-refractivity contribution in [3.63, 3.8) is 0 Å². The maximum absolute atomic E-state index is 12.5. The molecule has 0 atom stereocenters. The van der Waals surface area contributed by atoms with Crippen LogP contribution in [0.2, 0.25) is 0 Å². The Balaban J connectivity index is 3.46. The lowest BCUT2D eigenvalue weighted by Crippen LogP contribution is -2.25. The van der Waals surface area contributed by atoms with E-state index >= 15 is 0 Å². The van der Waals surface area contributed by atoms with Crippen molar-refractivity contribution >= 4 is 29.2 Å². The molecule has 7 heteroatoms. The molecule has 138 valence electrons. The van der Waals surface area contributed by atoms with E-state index in [4.69, 9.17) is 9.47 Å². The van der Waals surface area contributed by atoms with E-state index in [-0.39, 0.29) is 29.2 Å². The third-order valence-corrected chi connectivity index (χ3v) is 2.72. The first-order valence-electron chi connectivity index (χ1n) is 8.02. The van der Waals surface area contributed by atoms with Crippen LogP contribution in [-0.4, -0.2) is 29.5 Å². The molecule has 0 aliphatic heterocycles. The number of rotatable bonds is 5. The quantitative estimate of drug-likeness (QED) is 0.794. The van der Waals surface area contributed by atoms with E-state index < -0.39 is 11.6 Å². The average molecular weight is 350 g/mol. The van der Waals surface area contributed by atoms with Crippen molar-refractivity contribution in [1.29, 1.82) is 0 Å². The molecule has 25 heavy (non-hydrogen) atoms. The number of hydrogen-bond donors (Lipinski definition) is 2. The van der Waals surface area contributed by atoms with Crippen LogP contribution in [0.4, 0.5) is 11.4 Å². The highest BCUT2D eigenvalue weighted by Crippen LogP contribution is 2.33. The number of anilines is 2. The molecule has 1 rings (SSSR count). The summed E-state index contributed by atoms with van der Waals surface area (Å²) in [5.74, 6) is -0.961. The molecule has 0 aromatic heterocycles. The number of carbonyl (C=O) groups excluding carboxylic acids is 3. The highest BCUT2D eigenvalue weighted by molar-refractivity contribution is 6.02. The van der Waals surface area contributed by atoms with Gasteiger partial charge in [0, 0.05) is 19.9 Å². The van der Waals surface area contributed by atoms with Crippen molar-refractivity contribution in [3.8, 4) is 5.75 Å². The molecule has 0 radical (unpaired) electrons. The number of esters is 1. The number of carbonyl (C=O) groups is 3. The average Bonchev–Trinajstić information content (AvgIpc) is 2.37. The Labute approximate surface area is 148 Å². The number of amides is 2. The molecular formula is C18H26N2O5. The Kier molecular flexibility index (Phi) is 6.55. The molecule has 0 saturated heterocycles. The lowest BCUT2D eigenvalue weighted by atomic mass is 10.1. The van der Waals surface area contributed by atoms with Crippen molar-refractivity contribution in [1.82, 2.24) is 0 Å². The van der Waals surface area contributed by atoms with Crippen LogP contribution in [0.5, 0.6) is 5.75 Å². The molecule has 0 aliphatic rings. The fourth-order valence-corrected chi connectivity index (χ4v) is 2.01. The van der Waals surface area contributed by atoms with Gasteiger partial charge in [0.05, 0.1) is 17.5 Å². The molecule has 0 fully saturated rings. The van der Waals surface area contributed by atoms with Gasteiger partial charge in [0.25, 0.3) is 0 Å². The fourth-order valence-electron chi connectivity index (χ4n) is 2.01. The normalized spacial score (nSPS) is 11.0. The van der Waals surface area contributed by atoms with Gasteiger partial charge in [-0.2, -0.15) is 0 Å². The predicted molar refractivity (Wildman–Crippen MR) is 96.0 cm³/mol. The summed E-state index contributed by atoms with van der Waals surface area (Å²) < 4.78 is 11.1. The summed E-state index contributed by atoms with van der Waals surface area (Å²) in [6.45, 7) is 11.6. The summed E-state index contributed by atoms with van der Waals surface area (Å²) in [5, 5.41) is 5.22. The van der Waals surface area contributed by atoms with Crippen LogP contribution in [0.15, 0.2) is 12.1 Å². The van der Waals surface area contributed by atoms with Crippen LogP contribution in [0.1, 0.15) is 58.8 Å². The Morgan fingerprint density at radius 1 is 0.960 bits per heavy atom. The summed E-state index contributed by atoms with van der Waals surface area (Å²) in [4.78, 5) is 35.4. The smallest absolute Gasteiger partial charge is 0.342 e. The SMILES string of the molecule is CC(=O)Nc1cc(OC(C)C)c(C(=O)OC(C)(C)C)cc1NC(C)=O. The predicted octanol–water partition coefficient (Wildman–Crippen LogP) is 3.35. The monoisotopic (exact) mass is 350 g/mol. The summed E-state index contributed by atoms with van der Waals surface area (Å²) in [6.07, 6.45) is -0.196. The van der Waals surface area contributed by atoms with E-state index in [0.29, 0.717) is 11.4 Å². The molecule has 0 heterocycles. The Bertz CT molecular complexity index is 675. The number of benzene rings is 1. The topological polar surface area (TPSA) is 93.7 Å². The van der Waals surface area contributed by atoms with Crippen LogP contribution < -0.4 is 15.4 Å². The first-order chi connectivity index (χ1) is 11.4. The van der Waals surface area contributed by atoms with Gasteiger partial charge in [0.1, 0.15) is 16.9 Å². The van der Waals surface area contributed by atoms with E-state index in [1.807, 2.05) is 13.8 Å². The summed E-state index contributed by atoms with van der Waals surface area (Å²) >= 11 is 0. The number of hydrogen-bond acceptors (Lipinski definition) is 5. The lowest BCUT2D eigenvalue weighted by Gasteiger charge is -2.22. The fraction of sp³-hybridized carbons (Fsp3) is 0.500. The first-order valence-corrected chi connectivity index (χ1v) is 8.02.